The SMILES string of the molecule is CC(C)(C)NC(=O)Nc1nc2nc(Nc3ccc(N4CCNCC4)cc3)ncc2cc1C(=O)O. The molecule has 0 spiro atoms. The van der Waals surface area contributed by atoms with E-state index in [-0.39, 0.29) is 17.0 Å². The van der Waals surface area contributed by atoms with E-state index in [2.05, 4.69) is 41.1 Å². The van der Waals surface area contributed by atoms with Crippen molar-refractivity contribution < 1.29 is 14.7 Å². The van der Waals surface area contributed by atoms with Crippen molar-refractivity contribution >= 4 is 46.2 Å². The van der Waals surface area contributed by atoms with E-state index in [1.54, 1.807) is 0 Å². The smallest absolute Gasteiger partial charge is 0.339 e. The van der Waals surface area contributed by atoms with E-state index in [9.17, 15) is 14.7 Å². The molecular weight excluding hydrogens is 436 g/mol. The molecule has 0 bridgehead atoms. The van der Waals surface area contributed by atoms with Crippen LogP contribution in [0.25, 0.3) is 11.0 Å². The van der Waals surface area contributed by atoms with Crippen LogP contribution in [0.3, 0.4) is 0 Å². The highest BCUT2D eigenvalue weighted by atomic mass is 16.4. The average molecular weight is 465 g/mol. The zero-order valence-electron chi connectivity index (χ0n) is 19.3. The first kappa shape index (κ1) is 23.2. The average Bonchev–Trinajstić information content (AvgIpc) is 2.78. The van der Waals surface area contributed by atoms with E-state index in [1.165, 1.54) is 12.3 Å². The highest BCUT2D eigenvalue weighted by Crippen LogP contribution is 2.23. The van der Waals surface area contributed by atoms with Crippen molar-refractivity contribution in [3.05, 3.63) is 42.1 Å². The number of hydrogen-bond acceptors (Lipinski definition) is 8. The van der Waals surface area contributed by atoms with Crippen LogP contribution < -0.4 is 26.2 Å². The van der Waals surface area contributed by atoms with Crippen molar-refractivity contribution in [2.75, 3.05) is 41.7 Å². The number of nitrogens with zero attached hydrogens (tertiary/aromatic N) is 4. The second kappa shape index (κ2) is 9.48. The van der Waals surface area contributed by atoms with Crippen LogP contribution in [0.5, 0.6) is 0 Å². The number of benzene rings is 1. The molecule has 0 atom stereocenters. The molecule has 3 aromatic rings. The van der Waals surface area contributed by atoms with Crippen molar-refractivity contribution in [2.45, 2.75) is 26.3 Å². The minimum Gasteiger partial charge on any atom is -0.478 e. The van der Waals surface area contributed by atoms with Crippen LogP contribution in [0.1, 0.15) is 31.1 Å². The summed E-state index contributed by atoms with van der Waals surface area (Å²) in [5.41, 5.74) is 1.57. The maximum atomic E-state index is 12.3. The van der Waals surface area contributed by atoms with Gasteiger partial charge in [0.2, 0.25) is 5.95 Å². The number of carbonyl (C=O) groups is 2. The second-order valence-corrected chi connectivity index (χ2v) is 9.03. The van der Waals surface area contributed by atoms with Crippen LogP contribution in [0.4, 0.5) is 27.9 Å². The Morgan fingerprint density at radius 3 is 2.44 bits per heavy atom. The molecule has 2 amide bonds. The van der Waals surface area contributed by atoms with Crippen LogP contribution >= 0.6 is 0 Å². The molecule has 1 aliphatic heterocycles. The van der Waals surface area contributed by atoms with E-state index in [0.717, 1.165) is 37.6 Å². The number of carbonyl (C=O) groups excluding carboxylic acids is 1. The fourth-order valence-corrected chi connectivity index (χ4v) is 3.57. The number of fused-ring (bicyclic) bond motifs is 1. The van der Waals surface area contributed by atoms with E-state index >= 15 is 0 Å². The van der Waals surface area contributed by atoms with Gasteiger partial charge in [0.25, 0.3) is 0 Å². The molecule has 178 valence electrons. The summed E-state index contributed by atoms with van der Waals surface area (Å²) in [5.74, 6) is -0.998. The molecular formula is C23H28N8O3. The molecule has 34 heavy (non-hydrogen) atoms. The van der Waals surface area contributed by atoms with Gasteiger partial charge < -0.3 is 26.0 Å². The molecule has 11 nitrogen and oxygen atoms in total. The third-order valence-electron chi connectivity index (χ3n) is 5.13. The summed E-state index contributed by atoms with van der Waals surface area (Å²) in [5, 5.41) is 21.7. The Morgan fingerprint density at radius 1 is 1.09 bits per heavy atom. The summed E-state index contributed by atoms with van der Waals surface area (Å²) in [6.07, 6.45) is 1.50. The van der Waals surface area contributed by atoms with Gasteiger partial charge in [0.15, 0.2) is 11.5 Å². The third kappa shape index (κ3) is 5.67. The van der Waals surface area contributed by atoms with Crippen LogP contribution in [-0.2, 0) is 0 Å². The lowest BCUT2D eigenvalue weighted by Gasteiger charge is -2.29. The molecule has 1 aromatic carbocycles. The predicted octanol–water partition coefficient (Wildman–Crippen LogP) is 2.80. The molecule has 0 radical (unpaired) electrons. The van der Waals surface area contributed by atoms with Gasteiger partial charge in [-0.15, -0.1) is 0 Å². The van der Waals surface area contributed by atoms with Crippen LogP contribution in [0.15, 0.2) is 36.5 Å². The maximum Gasteiger partial charge on any atom is 0.339 e. The Balaban J connectivity index is 1.55. The van der Waals surface area contributed by atoms with E-state index in [0.29, 0.717) is 11.3 Å². The zero-order chi connectivity index (χ0) is 24.3. The third-order valence-corrected chi connectivity index (χ3v) is 5.13. The minimum absolute atomic E-state index is 0.0909. The van der Waals surface area contributed by atoms with Crippen molar-refractivity contribution in [3.8, 4) is 0 Å². The summed E-state index contributed by atoms with van der Waals surface area (Å²) < 4.78 is 0. The molecule has 2 aromatic heterocycles. The lowest BCUT2D eigenvalue weighted by atomic mass is 10.1. The van der Waals surface area contributed by atoms with Gasteiger partial charge in [-0.3, -0.25) is 5.32 Å². The molecule has 3 heterocycles. The zero-order valence-corrected chi connectivity index (χ0v) is 19.3. The highest BCUT2D eigenvalue weighted by Gasteiger charge is 2.19. The summed E-state index contributed by atoms with van der Waals surface area (Å²) >= 11 is 0. The van der Waals surface area contributed by atoms with E-state index in [1.807, 2.05) is 45.0 Å². The standard InChI is InChI=1S/C23H28N8O3/c1-23(2,3)30-22(34)29-19-17(20(32)33)12-14-13-25-21(28-18(14)27-19)26-15-4-6-16(7-5-15)31-10-8-24-9-11-31/h4-7,12-13,24H,8-11H2,1-3H3,(H,32,33)(H3,25,26,27,28,29,30,34). The largest absolute Gasteiger partial charge is 0.478 e. The number of pyridine rings is 1. The van der Waals surface area contributed by atoms with Crippen molar-refractivity contribution in [3.63, 3.8) is 0 Å². The number of hydrogen-bond donors (Lipinski definition) is 5. The van der Waals surface area contributed by atoms with Gasteiger partial charge in [-0.1, -0.05) is 0 Å². The molecule has 1 saturated heterocycles. The summed E-state index contributed by atoms with van der Waals surface area (Å²) in [7, 11) is 0. The van der Waals surface area contributed by atoms with Gasteiger partial charge >= 0.3 is 12.0 Å². The number of aromatic carboxylic acids is 1. The molecule has 4 rings (SSSR count). The second-order valence-electron chi connectivity index (χ2n) is 9.03. The van der Waals surface area contributed by atoms with Crippen molar-refractivity contribution in [1.29, 1.82) is 0 Å². The number of carboxylic acids is 1. The first-order valence-electron chi connectivity index (χ1n) is 11.0. The number of anilines is 4. The molecule has 0 aliphatic carbocycles. The van der Waals surface area contributed by atoms with E-state index in [4.69, 9.17) is 0 Å². The van der Waals surface area contributed by atoms with Gasteiger partial charge in [-0.25, -0.2) is 19.6 Å². The molecule has 5 N–H and O–H groups in total. The van der Waals surface area contributed by atoms with Gasteiger partial charge in [0.1, 0.15) is 5.56 Å². The number of aromatic nitrogens is 3. The first-order chi connectivity index (χ1) is 16.2. The van der Waals surface area contributed by atoms with E-state index < -0.39 is 17.5 Å². The number of rotatable bonds is 5. The minimum atomic E-state index is -1.22. The van der Waals surface area contributed by atoms with Gasteiger partial charge in [0.05, 0.1) is 0 Å². The Bertz CT molecular complexity index is 1200. The molecule has 11 heteroatoms. The Labute approximate surface area is 197 Å². The highest BCUT2D eigenvalue weighted by molar-refractivity contribution is 6.01. The van der Waals surface area contributed by atoms with Gasteiger partial charge in [0, 0.05) is 54.7 Å². The monoisotopic (exact) mass is 464 g/mol. The molecule has 0 saturated carbocycles. The normalized spacial score (nSPS) is 14.0. The summed E-state index contributed by atoms with van der Waals surface area (Å²) in [6, 6.07) is 8.83. The number of urea groups is 1. The quantitative estimate of drug-likeness (QED) is 0.385. The summed E-state index contributed by atoms with van der Waals surface area (Å²) in [6.45, 7) is 9.33. The fraction of sp³-hybridized carbons (Fsp3) is 0.348. The van der Waals surface area contributed by atoms with Gasteiger partial charge in [-0.2, -0.15) is 4.98 Å². The topological polar surface area (TPSA) is 144 Å². The molecule has 0 unspecified atom stereocenters. The van der Waals surface area contributed by atoms with Crippen LogP contribution in [0.2, 0.25) is 0 Å². The molecule has 1 aliphatic rings. The number of carboxylic acid groups (broad SMARTS) is 1. The Hall–Kier alpha value is -3.99. The predicted molar refractivity (Wildman–Crippen MR) is 131 cm³/mol. The number of amides is 2. The van der Waals surface area contributed by atoms with Crippen molar-refractivity contribution in [1.82, 2.24) is 25.6 Å². The Kier molecular flexibility index (Phi) is 6.46. The van der Waals surface area contributed by atoms with Crippen LogP contribution in [0, 0.1) is 0 Å². The lowest BCUT2D eigenvalue weighted by molar-refractivity contribution is 0.0698. The fourth-order valence-electron chi connectivity index (χ4n) is 3.57. The summed E-state index contributed by atoms with van der Waals surface area (Å²) in [4.78, 5) is 39.3. The maximum absolute atomic E-state index is 12.3. The Morgan fingerprint density at radius 2 is 1.79 bits per heavy atom. The first-order valence-corrected chi connectivity index (χ1v) is 11.0. The lowest BCUT2D eigenvalue weighted by Crippen LogP contribution is -2.43. The number of piperazine rings is 1. The molecule has 1 fully saturated rings. The van der Waals surface area contributed by atoms with Crippen LogP contribution in [-0.4, -0.2) is 63.8 Å². The number of nitrogens with one attached hydrogen (secondary N) is 4. The van der Waals surface area contributed by atoms with Gasteiger partial charge in [-0.05, 0) is 51.1 Å². The van der Waals surface area contributed by atoms with Crippen molar-refractivity contribution in [2.24, 2.45) is 0 Å².